The number of rotatable bonds is 10. The Balaban J connectivity index is 1.82. The summed E-state index contributed by atoms with van der Waals surface area (Å²) in [4.78, 5) is 23.2. The lowest BCUT2D eigenvalue weighted by Gasteiger charge is -2.15. The molecule has 0 aliphatic carbocycles. The van der Waals surface area contributed by atoms with E-state index in [1.807, 2.05) is 30.3 Å². The lowest BCUT2D eigenvalue weighted by atomic mass is 10.1. The van der Waals surface area contributed by atoms with Crippen molar-refractivity contribution in [2.45, 2.75) is 31.9 Å². The van der Waals surface area contributed by atoms with Crippen LogP contribution in [0.25, 0.3) is 0 Å². The van der Waals surface area contributed by atoms with E-state index in [0.29, 0.717) is 30.9 Å². The van der Waals surface area contributed by atoms with Crippen molar-refractivity contribution < 1.29 is 24.5 Å². The SMILES string of the molecule is O=C(Nc1ccc(OCc2ccccc2)cc1)N[C@@H](CCCCO)C(=O)O. The van der Waals surface area contributed by atoms with Gasteiger partial charge in [-0.1, -0.05) is 30.3 Å². The minimum absolute atomic E-state index is 0.00275. The van der Waals surface area contributed by atoms with Crippen LogP contribution in [0, 0.1) is 0 Å². The molecule has 4 N–H and O–H groups in total. The van der Waals surface area contributed by atoms with Crippen LogP contribution in [0.1, 0.15) is 24.8 Å². The number of carbonyl (C=O) groups excluding carboxylic acids is 1. The summed E-state index contributed by atoms with van der Waals surface area (Å²) in [6.45, 7) is 0.444. The van der Waals surface area contributed by atoms with Crippen LogP contribution in [0.4, 0.5) is 10.5 Å². The number of unbranched alkanes of at least 4 members (excludes halogenated alkanes) is 1. The van der Waals surface area contributed by atoms with Gasteiger partial charge < -0.3 is 25.6 Å². The van der Waals surface area contributed by atoms with Crippen LogP contribution in [0.5, 0.6) is 5.75 Å². The first-order valence-corrected chi connectivity index (χ1v) is 8.76. The molecule has 2 aromatic carbocycles. The fraction of sp³-hybridized carbons (Fsp3) is 0.300. The van der Waals surface area contributed by atoms with Gasteiger partial charge in [0.1, 0.15) is 18.4 Å². The van der Waals surface area contributed by atoms with E-state index in [2.05, 4.69) is 10.6 Å². The lowest BCUT2D eigenvalue weighted by Crippen LogP contribution is -2.43. The summed E-state index contributed by atoms with van der Waals surface area (Å²) < 4.78 is 5.68. The van der Waals surface area contributed by atoms with Crippen LogP contribution < -0.4 is 15.4 Å². The van der Waals surface area contributed by atoms with E-state index >= 15 is 0 Å². The summed E-state index contributed by atoms with van der Waals surface area (Å²) in [5.41, 5.74) is 1.58. The summed E-state index contributed by atoms with van der Waals surface area (Å²) in [5, 5.41) is 22.9. The molecule has 0 aliphatic rings. The van der Waals surface area contributed by atoms with Crippen molar-refractivity contribution in [3.8, 4) is 5.75 Å². The number of ether oxygens (including phenoxy) is 1. The number of nitrogens with one attached hydrogen (secondary N) is 2. The van der Waals surface area contributed by atoms with Gasteiger partial charge in [0.25, 0.3) is 0 Å². The zero-order chi connectivity index (χ0) is 19.5. The molecule has 0 unspecified atom stereocenters. The maximum atomic E-state index is 12.0. The molecule has 2 rings (SSSR count). The number of urea groups is 1. The second kappa shape index (κ2) is 10.8. The molecule has 2 amide bonds. The fourth-order valence-electron chi connectivity index (χ4n) is 2.42. The molecule has 7 nitrogen and oxygen atoms in total. The Hall–Kier alpha value is -3.06. The fourth-order valence-corrected chi connectivity index (χ4v) is 2.42. The molecule has 0 saturated heterocycles. The summed E-state index contributed by atoms with van der Waals surface area (Å²) in [6.07, 6.45) is 1.27. The Bertz CT molecular complexity index is 719. The minimum Gasteiger partial charge on any atom is -0.489 e. The highest BCUT2D eigenvalue weighted by Gasteiger charge is 2.19. The zero-order valence-electron chi connectivity index (χ0n) is 14.9. The summed E-state index contributed by atoms with van der Waals surface area (Å²) in [5.74, 6) is -0.440. The van der Waals surface area contributed by atoms with Gasteiger partial charge in [-0.25, -0.2) is 9.59 Å². The number of carboxylic acid groups (broad SMARTS) is 1. The first kappa shape index (κ1) is 20.3. The van der Waals surface area contributed by atoms with Crippen molar-refractivity contribution in [2.24, 2.45) is 0 Å². The number of hydrogen-bond acceptors (Lipinski definition) is 4. The van der Waals surface area contributed by atoms with Crippen molar-refractivity contribution in [1.29, 1.82) is 0 Å². The predicted octanol–water partition coefficient (Wildman–Crippen LogP) is 3.00. The van der Waals surface area contributed by atoms with Gasteiger partial charge in [-0.3, -0.25) is 0 Å². The normalized spacial score (nSPS) is 11.4. The van der Waals surface area contributed by atoms with Crippen molar-refractivity contribution in [3.05, 3.63) is 60.2 Å². The highest BCUT2D eigenvalue weighted by atomic mass is 16.5. The van der Waals surface area contributed by atoms with Gasteiger partial charge in [0.2, 0.25) is 0 Å². The first-order chi connectivity index (χ1) is 13.1. The quantitative estimate of drug-likeness (QED) is 0.480. The van der Waals surface area contributed by atoms with Crippen LogP contribution in [0.3, 0.4) is 0 Å². The zero-order valence-corrected chi connectivity index (χ0v) is 14.9. The lowest BCUT2D eigenvalue weighted by molar-refractivity contribution is -0.139. The van der Waals surface area contributed by atoms with Crippen molar-refractivity contribution >= 4 is 17.7 Å². The molecule has 27 heavy (non-hydrogen) atoms. The van der Waals surface area contributed by atoms with Gasteiger partial charge in [-0.05, 0) is 49.1 Å². The third-order valence-corrected chi connectivity index (χ3v) is 3.86. The van der Waals surface area contributed by atoms with Gasteiger partial charge in [0, 0.05) is 12.3 Å². The van der Waals surface area contributed by atoms with Gasteiger partial charge >= 0.3 is 12.0 Å². The molecule has 0 heterocycles. The molecule has 0 aromatic heterocycles. The van der Waals surface area contributed by atoms with Crippen molar-refractivity contribution in [2.75, 3.05) is 11.9 Å². The second-order valence-electron chi connectivity index (χ2n) is 6.01. The smallest absolute Gasteiger partial charge is 0.326 e. The Morgan fingerprint density at radius 2 is 1.70 bits per heavy atom. The van der Waals surface area contributed by atoms with E-state index in [-0.39, 0.29) is 13.0 Å². The van der Waals surface area contributed by atoms with Crippen LogP contribution in [-0.4, -0.2) is 34.9 Å². The molecular weight excluding hydrogens is 348 g/mol. The largest absolute Gasteiger partial charge is 0.489 e. The molecule has 144 valence electrons. The molecule has 1 atom stereocenters. The van der Waals surface area contributed by atoms with Crippen molar-refractivity contribution in [1.82, 2.24) is 5.32 Å². The third kappa shape index (κ3) is 7.37. The van der Waals surface area contributed by atoms with E-state index in [0.717, 1.165) is 5.56 Å². The number of aliphatic carboxylic acids is 1. The molecule has 7 heteroatoms. The van der Waals surface area contributed by atoms with Gasteiger partial charge in [0.05, 0.1) is 0 Å². The van der Waals surface area contributed by atoms with Crippen LogP contribution in [-0.2, 0) is 11.4 Å². The van der Waals surface area contributed by atoms with Crippen LogP contribution in [0.2, 0.25) is 0 Å². The van der Waals surface area contributed by atoms with Gasteiger partial charge in [0.15, 0.2) is 0 Å². The number of aliphatic hydroxyl groups excluding tert-OH is 1. The molecular formula is C20H24N2O5. The first-order valence-electron chi connectivity index (χ1n) is 8.76. The van der Waals surface area contributed by atoms with E-state index in [4.69, 9.17) is 14.9 Å². The molecule has 0 bridgehead atoms. The molecule has 2 aromatic rings. The Labute approximate surface area is 158 Å². The summed E-state index contributed by atoms with van der Waals surface area (Å²) in [7, 11) is 0. The van der Waals surface area contributed by atoms with Gasteiger partial charge in [-0.2, -0.15) is 0 Å². The number of anilines is 1. The molecule has 0 aliphatic heterocycles. The highest BCUT2D eigenvalue weighted by Crippen LogP contribution is 2.17. The monoisotopic (exact) mass is 372 g/mol. The average molecular weight is 372 g/mol. The van der Waals surface area contributed by atoms with E-state index in [1.165, 1.54) is 0 Å². The predicted molar refractivity (Wildman–Crippen MR) is 102 cm³/mol. The average Bonchev–Trinajstić information content (AvgIpc) is 2.67. The number of carbonyl (C=O) groups is 2. The highest BCUT2D eigenvalue weighted by molar-refractivity contribution is 5.92. The number of hydrogen-bond donors (Lipinski definition) is 4. The minimum atomic E-state index is -1.10. The number of benzene rings is 2. The molecule has 0 saturated carbocycles. The third-order valence-electron chi connectivity index (χ3n) is 3.86. The molecule has 0 spiro atoms. The summed E-state index contributed by atoms with van der Waals surface area (Å²) >= 11 is 0. The topological polar surface area (TPSA) is 108 Å². The number of carboxylic acids is 1. The molecule has 0 fully saturated rings. The maximum Gasteiger partial charge on any atom is 0.326 e. The Morgan fingerprint density at radius 3 is 2.33 bits per heavy atom. The Morgan fingerprint density at radius 1 is 1.00 bits per heavy atom. The molecule has 0 radical (unpaired) electrons. The number of amides is 2. The van der Waals surface area contributed by atoms with Crippen LogP contribution >= 0.6 is 0 Å². The maximum absolute atomic E-state index is 12.0. The number of aliphatic hydroxyl groups is 1. The standard InChI is InChI=1S/C20H24N2O5/c23-13-5-4-8-18(19(24)25)22-20(26)21-16-9-11-17(12-10-16)27-14-15-6-2-1-3-7-15/h1-3,6-7,9-12,18,23H,4-5,8,13-14H2,(H,24,25)(H2,21,22,26)/t18-/m0/s1. The Kier molecular flexibility index (Phi) is 8.12. The summed E-state index contributed by atoms with van der Waals surface area (Å²) in [6, 6.07) is 15.0. The van der Waals surface area contributed by atoms with E-state index < -0.39 is 18.0 Å². The van der Waals surface area contributed by atoms with Crippen LogP contribution in [0.15, 0.2) is 54.6 Å². The van der Waals surface area contributed by atoms with Gasteiger partial charge in [-0.15, -0.1) is 0 Å². The van der Waals surface area contributed by atoms with Crippen molar-refractivity contribution in [3.63, 3.8) is 0 Å². The van der Waals surface area contributed by atoms with E-state index in [1.54, 1.807) is 24.3 Å². The second-order valence-corrected chi connectivity index (χ2v) is 6.01. The van der Waals surface area contributed by atoms with E-state index in [9.17, 15) is 9.59 Å².